The van der Waals surface area contributed by atoms with Crippen LogP contribution in [0.5, 0.6) is 0 Å². The Balaban J connectivity index is 0.00000289. The van der Waals surface area contributed by atoms with Crippen molar-refractivity contribution in [3.05, 3.63) is 76.6 Å². The fourth-order valence-corrected chi connectivity index (χ4v) is 4.21. The fraction of sp³-hybridized carbons (Fsp3) is 0.385. The van der Waals surface area contributed by atoms with Crippen LogP contribution in [-0.4, -0.2) is 31.1 Å². The van der Waals surface area contributed by atoms with E-state index in [-0.39, 0.29) is 19.9 Å². The zero-order valence-electron chi connectivity index (χ0n) is 18.6. The standard InChI is InChI=1S/C26H30F2N2O2.2H2/c1-3-20(26(32)30-23-10-5-4-8-21(23)27)24-18(7-6-9-22(24)28)14-11-17-12-15-19(16-13-17)25(31)29-2;;/h3,6-7,9,12-13,15-16,21,23H,4-5,8,10-11,14H2,1-2H3,(H,29,31)(H,30,32);2*1H/b20-3+;;. The number of carbonyl (C=O) groups excluding carboxylic acids is 2. The van der Waals surface area contributed by atoms with Crippen molar-refractivity contribution in [2.45, 2.75) is 57.7 Å². The highest BCUT2D eigenvalue weighted by molar-refractivity contribution is 6.20. The molecule has 1 aliphatic carbocycles. The third-order valence-corrected chi connectivity index (χ3v) is 6.03. The first-order valence-corrected chi connectivity index (χ1v) is 11.1. The normalized spacial score (nSPS) is 18.8. The molecule has 4 nitrogen and oxygen atoms in total. The molecule has 0 heterocycles. The number of amides is 2. The van der Waals surface area contributed by atoms with Crippen molar-refractivity contribution in [2.24, 2.45) is 0 Å². The van der Waals surface area contributed by atoms with E-state index in [1.54, 1.807) is 38.2 Å². The summed E-state index contributed by atoms with van der Waals surface area (Å²) in [6.07, 6.45) is 4.41. The number of rotatable bonds is 7. The molecule has 0 aromatic heterocycles. The van der Waals surface area contributed by atoms with Gasteiger partial charge in [-0.15, -0.1) is 0 Å². The highest BCUT2D eigenvalue weighted by atomic mass is 19.1. The Morgan fingerprint density at radius 2 is 1.81 bits per heavy atom. The van der Waals surface area contributed by atoms with Crippen LogP contribution in [0.2, 0.25) is 0 Å². The first kappa shape index (κ1) is 23.6. The number of alkyl halides is 1. The summed E-state index contributed by atoms with van der Waals surface area (Å²) in [7, 11) is 1.58. The summed E-state index contributed by atoms with van der Waals surface area (Å²) in [6.45, 7) is 1.69. The van der Waals surface area contributed by atoms with Gasteiger partial charge >= 0.3 is 0 Å². The molecule has 2 amide bonds. The smallest absolute Gasteiger partial charge is 0.251 e. The molecule has 32 heavy (non-hydrogen) atoms. The van der Waals surface area contributed by atoms with Crippen molar-refractivity contribution in [1.29, 1.82) is 0 Å². The lowest BCUT2D eigenvalue weighted by atomic mass is 9.91. The second kappa shape index (κ2) is 11.0. The van der Waals surface area contributed by atoms with Crippen molar-refractivity contribution in [3.8, 4) is 0 Å². The van der Waals surface area contributed by atoms with Crippen molar-refractivity contribution in [2.75, 3.05) is 7.05 Å². The van der Waals surface area contributed by atoms with Gasteiger partial charge in [-0.3, -0.25) is 9.59 Å². The van der Waals surface area contributed by atoms with E-state index >= 15 is 0 Å². The predicted octanol–water partition coefficient (Wildman–Crippen LogP) is 5.26. The van der Waals surface area contributed by atoms with Crippen molar-refractivity contribution >= 4 is 17.4 Å². The minimum atomic E-state index is -1.07. The topological polar surface area (TPSA) is 58.2 Å². The molecule has 2 aromatic rings. The van der Waals surface area contributed by atoms with Gasteiger partial charge < -0.3 is 10.6 Å². The number of benzene rings is 2. The monoisotopic (exact) mass is 444 g/mol. The lowest BCUT2D eigenvalue weighted by Gasteiger charge is -2.27. The van der Waals surface area contributed by atoms with Crippen LogP contribution in [0.1, 0.15) is 62.5 Å². The number of halogens is 2. The molecule has 1 aliphatic rings. The molecule has 0 saturated heterocycles. The average Bonchev–Trinajstić information content (AvgIpc) is 2.81. The van der Waals surface area contributed by atoms with Crippen LogP contribution in [0.4, 0.5) is 8.78 Å². The molecule has 174 valence electrons. The molecule has 2 aromatic carbocycles. The van der Waals surface area contributed by atoms with Gasteiger partial charge in [0.1, 0.15) is 12.0 Å². The van der Waals surface area contributed by atoms with Gasteiger partial charge in [-0.25, -0.2) is 8.78 Å². The molecule has 3 rings (SSSR count). The number of allylic oxidation sites excluding steroid dienone is 1. The fourth-order valence-electron chi connectivity index (χ4n) is 4.21. The zero-order chi connectivity index (χ0) is 23.1. The Morgan fingerprint density at radius 1 is 1.09 bits per heavy atom. The SMILES string of the molecule is C/C=C(/C(=O)NC1CCCCC1F)c1c(F)cccc1CCc1ccc(C(=O)NC)cc1.[HH].[HH]. The number of aryl methyl sites for hydroxylation is 2. The highest BCUT2D eigenvalue weighted by Gasteiger charge is 2.28. The molecule has 2 unspecified atom stereocenters. The van der Waals surface area contributed by atoms with Crippen molar-refractivity contribution in [1.82, 2.24) is 10.6 Å². The maximum absolute atomic E-state index is 14.9. The van der Waals surface area contributed by atoms with Gasteiger partial charge in [0.15, 0.2) is 0 Å². The van der Waals surface area contributed by atoms with Gasteiger partial charge in [0.2, 0.25) is 0 Å². The molecule has 0 radical (unpaired) electrons. The second-order valence-corrected chi connectivity index (χ2v) is 8.13. The molecule has 0 aliphatic heterocycles. The van der Waals surface area contributed by atoms with Crippen LogP contribution < -0.4 is 10.6 Å². The summed E-state index contributed by atoms with van der Waals surface area (Å²) in [4.78, 5) is 24.6. The van der Waals surface area contributed by atoms with Gasteiger partial charge in [0.05, 0.1) is 6.04 Å². The third-order valence-electron chi connectivity index (χ3n) is 6.03. The molecule has 6 heteroatoms. The van der Waals surface area contributed by atoms with Gasteiger partial charge in [0.25, 0.3) is 11.8 Å². The van der Waals surface area contributed by atoms with Crippen LogP contribution in [0.15, 0.2) is 48.5 Å². The summed E-state index contributed by atoms with van der Waals surface area (Å²) in [5, 5.41) is 5.37. The van der Waals surface area contributed by atoms with Crippen LogP contribution in [-0.2, 0) is 17.6 Å². The van der Waals surface area contributed by atoms with E-state index in [1.165, 1.54) is 6.07 Å². The minimum absolute atomic E-state index is 0. The van der Waals surface area contributed by atoms with E-state index in [0.29, 0.717) is 36.8 Å². The molecular formula is C26H34F2N2O2. The molecule has 2 atom stereocenters. The number of hydrogen-bond acceptors (Lipinski definition) is 2. The van der Waals surface area contributed by atoms with Gasteiger partial charge in [0, 0.05) is 26.6 Å². The van der Waals surface area contributed by atoms with E-state index in [1.807, 2.05) is 18.2 Å². The summed E-state index contributed by atoms with van der Waals surface area (Å²) in [5.41, 5.74) is 2.78. The molecule has 1 saturated carbocycles. The van der Waals surface area contributed by atoms with Crippen LogP contribution in [0.3, 0.4) is 0 Å². The van der Waals surface area contributed by atoms with Crippen molar-refractivity contribution in [3.63, 3.8) is 0 Å². The highest BCUT2D eigenvalue weighted by Crippen LogP contribution is 2.27. The zero-order valence-corrected chi connectivity index (χ0v) is 18.6. The minimum Gasteiger partial charge on any atom is -0.355 e. The van der Waals surface area contributed by atoms with Crippen LogP contribution >= 0.6 is 0 Å². The van der Waals surface area contributed by atoms with Gasteiger partial charge in [-0.2, -0.15) is 0 Å². The average molecular weight is 445 g/mol. The van der Waals surface area contributed by atoms with Gasteiger partial charge in [-0.1, -0.05) is 43.2 Å². The third kappa shape index (κ3) is 5.61. The number of carbonyl (C=O) groups is 2. The molecule has 1 fully saturated rings. The van der Waals surface area contributed by atoms with Crippen LogP contribution in [0, 0.1) is 5.82 Å². The Morgan fingerprint density at radius 3 is 2.47 bits per heavy atom. The lowest BCUT2D eigenvalue weighted by molar-refractivity contribution is -0.117. The maximum Gasteiger partial charge on any atom is 0.251 e. The van der Waals surface area contributed by atoms with Gasteiger partial charge in [-0.05, 0) is 61.9 Å². The van der Waals surface area contributed by atoms with E-state index in [4.69, 9.17) is 0 Å². The second-order valence-electron chi connectivity index (χ2n) is 8.13. The van der Waals surface area contributed by atoms with Crippen LogP contribution in [0.25, 0.3) is 5.57 Å². The molecule has 2 N–H and O–H groups in total. The Bertz CT molecular complexity index is 997. The summed E-state index contributed by atoms with van der Waals surface area (Å²) in [5.74, 6) is -1.06. The first-order chi connectivity index (χ1) is 15.4. The predicted molar refractivity (Wildman–Crippen MR) is 127 cm³/mol. The van der Waals surface area contributed by atoms with E-state index in [2.05, 4.69) is 10.6 Å². The van der Waals surface area contributed by atoms with Crippen molar-refractivity contribution < 1.29 is 21.2 Å². The Kier molecular flexibility index (Phi) is 8.14. The molecule has 0 spiro atoms. The number of hydrogen-bond donors (Lipinski definition) is 2. The largest absolute Gasteiger partial charge is 0.355 e. The van der Waals surface area contributed by atoms with E-state index < -0.39 is 23.9 Å². The quantitative estimate of drug-likeness (QED) is 0.572. The summed E-state index contributed by atoms with van der Waals surface area (Å²) < 4.78 is 29.1. The first-order valence-electron chi connectivity index (χ1n) is 11.1. The Labute approximate surface area is 191 Å². The van der Waals surface area contributed by atoms with E-state index in [0.717, 1.165) is 18.4 Å². The van der Waals surface area contributed by atoms with E-state index in [9.17, 15) is 18.4 Å². The number of nitrogens with one attached hydrogen (secondary N) is 2. The lowest BCUT2D eigenvalue weighted by Crippen LogP contribution is -2.43. The summed E-state index contributed by atoms with van der Waals surface area (Å²) in [6, 6.07) is 11.5. The molecular weight excluding hydrogens is 410 g/mol. The Hall–Kier alpha value is -3.02. The summed E-state index contributed by atoms with van der Waals surface area (Å²) >= 11 is 0. The molecule has 0 bridgehead atoms. The maximum atomic E-state index is 14.9.